The number of benzene rings is 2. The Hall–Kier alpha value is -1.76. The summed E-state index contributed by atoms with van der Waals surface area (Å²) < 4.78 is 7.83. The van der Waals surface area contributed by atoms with Gasteiger partial charge in [-0.05, 0) is 61.7 Å². The smallest absolute Gasteiger partial charge is 0.260 e. The van der Waals surface area contributed by atoms with Crippen LogP contribution >= 0.6 is 27.3 Å². The molecule has 0 radical (unpaired) electrons. The van der Waals surface area contributed by atoms with Gasteiger partial charge in [-0.1, -0.05) is 33.3 Å². The zero-order valence-corrected chi connectivity index (χ0v) is 16.8. The van der Waals surface area contributed by atoms with Crippen LogP contribution in [0, 0.1) is 6.92 Å². The van der Waals surface area contributed by atoms with Gasteiger partial charge in [-0.2, -0.15) is 0 Å². The number of carbonyl (C=O) groups excluding carboxylic acids is 1. The molecular formula is C20H19BrN2O2S. The number of halogens is 1. The topological polar surface area (TPSA) is 42.4 Å². The number of hydrogen-bond acceptors (Lipinski definition) is 4. The summed E-state index contributed by atoms with van der Waals surface area (Å²) in [6.07, 6.45) is 2.10. The van der Waals surface area contributed by atoms with Crippen LogP contribution in [0.1, 0.15) is 28.8 Å². The van der Waals surface area contributed by atoms with E-state index in [4.69, 9.17) is 9.72 Å². The summed E-state index contributed by atoms with van der Waals surface area (Å²) in [5.74, 6) is -0.0382. The number of nitrogens with zero attached hydrogens (tertiary/aromatic N) is 2. The fourth-order valence-electron chi connectivity index (χ4n) is 3.12. The van der Waals surface area contributed by atoms with Gasteiger partial charge in [0.1, 0.15) is 0 Å². The van der Waals surface area contributed by atoms with E-state index in [1.54, 1.807) is 16.2 Å². The minimum Gasteiger partial charge on any atom is -0.376 e. The maximum atomic E-state index is 13.2. The van der Waals surface area contributed by atoms with Crippen molar-refractivity contribution < 1.29 is 9.53 Å². The van der Waals surface area contributed by atoms with Crippen LogP contribution in [0.15, 0.2) is 46.9 Å². The first kappa shape index (κ1) is 17.6. The van der Waals surface area contributed by atoms with Crippen LogP contribution < -0.4 is 4.90 Å². The van der Waals surface area contributed by atoms with Gasteiger partial charge in [-0.3, -0.25) is 9.69 Å². The van der Waals surface area contributed by atoms with E-state index in [0.29, 0.717) is 12.1 Å². The minimum absolute atomic E-state index is 0.0382. The molecule has 0 aliphatic carbocycles. The summed E-state index contributed by atoms with van der Waals surface area (Å²) in [4.78, 5) is 19.7. The van der Waals surface area contributed by atoms with Crippen molar-refractivity contribution in [2.75, 3.05) is 18.1 Å². The molecule has 1 aliphatic heterocycles. The number of aryl methyl sites for hydroxylation is 1. The van der Waals surface area contributed by atoms with Crippen molar-refractivity contribution >= 4 is 48.5 Å². The third-order valence-electron chi connectivity index (χ3n) is 4.51. The monoisotopic (exact) mass is 430 g/mol. The van der Waals surface area contributed by atoms with Gasteiger partial charge in [-0.15, -0.1) is 0 Å². The van der Waals surface area contributed by atoms with Crippen LogP contribution in [-0.2, 0) is 4.74 Å². The number of aromatic nitrogens is 1. The molecule has 1 unspecified atom stereocenters. The Morgan fingerprint density at radius 1 is 1.31 bits per heavy atom. The number of rotatable bonds is 4. The fourth-order valence-corrected chi connectivity index (χ4v) is 4.46. The molecule has 26 heavy (non-hydrogen) atoms. The number of hydrogen-bond donors (Lipinski definition) is 0. The molecule has 1 amide bonds. The fraction of sp³-hybridized carbons (Fsp3) is 0.300. The summed E-state index contributed by atoms with van der Waals surface area (Å²) in [6.45, 7) is 3.37. The zero-order valence-electron chi connectivity index (χ0n) is 14.4. The molecule has 1 aromatic heterocycles. The van der Waals surface area contributed by atoms with Gasteiger partial charge in [-0.25, -0.2) is 4.98 Å². The van der Waals surface area contributed by atoms with Crippen molar-refractivity contribution in [2.24, 2.45) is 0 Å². The zero-order chi connectivity index (χ0) is 18.1. The Labute approximate surface area is 164 Å². The number of amides is 1. The van der Waals surface area contributed by atoms with Crippen molar-refractivity contribution in [3.8, 4) is 0 Å². The second kappa shape index (κ2) is 7.47. The Morgan fingerprint density at radius 2 is 2.12 bits per heavy atom. The number of thiazole rings is 1. The van der Waals surface area contributed by atoms with Gasteiger partial charge in [0.15, 0.2) is 5.13 Å². The molecule has 3 aromatic rings. The van der Waals surface area contributed by atoms with E-state index in [9.17, 15) is 4.79 Å². The van der Waals surface area contributed by atoms with E-state index in [2.05, 4.69) is 28.9 Å². The molecule has 0 saturated carbocycles. The number of carbonyl (C=O) groups is 1. The Morgan fingerprint density at radius 3 is 2.85 bits per heavy atom. The van der Waals surface area contributed by atoms with Gasteiger partial charge in [0, 0.05) is 16.6 Å². The van der Waals surface area contributed by atoms with E-state index in [-0.39, 0.29) is 12.0 Å². The van der Waals surface area contributed by atoms with Gasteiger partial charge in [0.25, 0.3) is 5.91 Å². The van der Waals surface area contributed by atoms with Crippen LogP contribution in [-0.4, -0.2) is 30.1 Å². The lowest BCUT2D eigenvalue weighted by Crippen LogP contribution is -2.37. The molecule has 0 N–H and O–H groups in total. The van der Waals surface area contributed by atoms with Crippen LogP contribution in [0.25, 0.3) is 10.2 Å². The van der Waals surface area contributed by atoms with Gasteiger partial charge in [0.2, 0.25) is 0 Å². The number of fused-ring (bicyclic) bond motifs is 1. The average molecular weight is 431 g/mol. The maximum absolute atomic E-state index is 13.2. The van der Waals surface area contributed by atoms with E-state index in [1.807, 2.05) is 36.4 Å². The molecular weight excluding hydrogens is 412 g/mol. The molecule has 2 aromatic carbocycles. The molecule has 2 heterocycles. The first-order valence-corrected chi connectivity index (χ1v) is 10.3. The Kier molecular flexibility index (Phi) is 5.07. The summed E-state index contributed by atoms with van der Waals surface area (Å²) in [6, 6.07) is 13.6. The first-order valence-electron chi connectivity index (χ1n) is 8.66. The number of ether oxygens (including phenoxy) is 1. The van der Waals surface area contributed by atoms with E-state index >= 15 is 0 Å². The highest BCUT2D eigenvalue weighted by atomic mass is 79.9. The molecule has 0 spiro atoms. The van der Waals surface area contributed by atoms with E-state index in [0.717, 1.165) is 39.3 Å². The van der Waals surface area contributed by atoms with E-state index in [1.165, 1.54) is 5.56 Å². The first-order chi connectivity index (χ1) is 12.6. The molecule has 0 bridgehead atoms. The molecule has 4 nitrogen and oxygen atoms in total. The predicted octanol–water partition coefficient (Wildman–Crippen LogP) is 5.19. The second-order valence-corrected chi connectivity index (χ2v) is 8.45. The second-order valence-electron chi connectivity index (χ2n) is 6.53. The largest absolute Gasteiger partial charge is 0.376 e. The highest BCUT2D eigenvalue weighted by Crippen LogP contribution is 2.31. The highest BCUT2D eigenvalue weighted by Gasteiger charge is 2.27. The minimum atomic E-state index is -0.0382. The Bertz CT molecular complexity index is 933. The average Bonchev–Trinajstić information content (AvgIpc) is 3.28. The third-order valence-corrected chi connectivity index (χ3v) is 6.08. The standard InChI is InChI=1S/C20H19BrN2O2S/c1-13-4-9-17-18(11-13)26-20(22-17)23(12-16-3-2-10-25-16)19(24)14-5-7-15(21)8-6-14/h4-9,11,16H,2-3,10,12H2,1H3. The summed E-state index contributed by atoms with van der Waals surface area (Å²) in [5, 5.41) is 0.731. The van der Waals surface area contributed by atoms with Crippen molar-refractivity contribution in [1.29, 1.82) is 0 Å². The van der Waals surface area contributed by atoms with Crippen molar-refractivity contribution in [2.45, 2.75) is 25.9 Å². The normalized spacial score (nSPS) is 16.9. The van der Waals surface area contributed by atoms with Crippen molar-refractivity contribution in [3.05, 3.63) is 58.1 Å². The van der Waals surface area contributed by atoms with Crippen LogP contribution in [0.2, 0.25) is 0 Å². The maximum Gasteiger partial charge on any atom is 0.260 e. The highest BCUT2D eigenvalue weighted by molar-refractivity contribution is 9.10. The van der Waals surface area contributed by atoms with Gasteiger partial charge in [0.05, 0.1) is 22.9 Å². The summed E-state index contributed by atoms with van der Waals surface area (Å²) in [7, 11) is 0. The van der Waals surface area contributed by atoms with Gasteiger partial charge < -0.3 is 4.74 Å². The molecule has 6 heteroatoms. The SMILES string of the molecule is Cc1ccc2nc(N(CC3CCCO3)C(=O)c3ccc(Br)cc3)sc2c1. The van der Waals surface area contributed by atoms with Gasteiger partial charge >= 0.3 is 0 Å². The lowest BCUT2D eigenvalue weighted by Gasteiger charge is -2.23. The molecule has 1 atom stereocenters. The van der Waals surface area contributed by atoms with Crippen LogP contribution in [0.3, 0.4) is 0 Å². The van der Waals surface area contributed by atoms with Crippen molar-refractivity contribution in [1.82, 2.24) is 4.98 Å². The summed E-state index contributed by atoms with van der Waals surface area (Å²) >= 11 is 4.98. The Balaban J connectivity index is 1.70. The lowest BCUT2D eigenvalue weighted by molar-refractivity contribution is 0.0917. The number of anilines is 1. The molecule has 134 valence electrons. The lowest BCUT2D eigenvalue weighted by atomic mass is 10.2. The quantitative estimate of drug-likeness (QED) is 0.571. The summed E-state index contributed by atoms with van der Waals surface area (Å²) in [5.41, 5.74) is 2.77. The molecule has 1 fully saturated rings. The van der Waals surface area contributed by atoms with Crippen LogP contribution in [0.4, 0.5) is 5.13 Å². The van der Waals surface area contributed by atoms with Crippen LogP contribution in [0.5, 0.6) is 0 Å². The third kappa shape index (κ3) is 3.68. The van der Waals surface area contributed by atoms with Crippen molar-refractivity contribution in [3.63, 3.8) is 0 Å². The molecule has 4 rings (SSSR count). The van der Waals surface area contributed by atoms with E-state index < -0.39 is 0 Å². The predicted molar refractivity (Wildman–Crippen MR) is 109 cm³/mol. The molecule has 1 saturated heterocycles. The molecule has 1 aliphatic rings.